The summed E-state index contributed by atoms with van der Waals surface area (Å²) in [7, 11) is 1.85. The van der Waals surface area contributed by atoms with Gasteiger partial charge in [0.2, 0.25) is 0 Å². The van der Waals surface area contributed by atoms with Crippen molar-refractivity contribution in [3.8, 4) is 0 Å². The third kappa shape index (κ3) is 2.77. The third-order valence-corrected chi connectivity index (χ3v) is 3.26. The Labute approximate surface area is 123 Å². The fraction of sp³-hybridized carbons (Fsp3) is 0.385. The molecule has 0 atom stereocenters. The molecule has 2 aromatic rings. The first kappa shape index (κ1) is 14.4. The number of aryl methyl sites for hydroxylation is 2. The minimum absolute atomic E-state index is 0.331. The second-order valence-electron chi connectivity index (χ2n) is 4.45. The highest BCUT2D eigenvalue weighted by Crippen LogP contribution is 2.23. The molecule has 0 radical (unpaired) electrons. The van der Waals surface area contributed by atoms with Crippen molar-refractivity contribution in [2.45, 2.75) is 26.7 Å². The maximum Gasteiger partial charge on any atom is 0.163 e. The lowest BCUT2D eigenvalue weighted by molar-refractivity contribution is 0.768. The lowest BCUT2D eigenvalue weighted by Gasteiger charge is -2.14. The quantitative estimate of drug-likeness (QED) is 0.816. The van der Waals surface area contributed by atoms with E-state index in [9.17, 15) is 0 Å². The van der Waals surface area contributed by atoms with E-state index in [1.54, 1.807) is 10.9 Å². The Morgan fingerprint density at radius 2 is 2.10 bits per heavy atom. The molecule has 0 amide bonds. The van der Waals surface area contributed by atoms with E-state index in [-0.39, 0.29) is 0 Å². The maximum atomic E-state index is 5.88. The molecular weight excluding hydrogens is 272 g/mol. The summed E-state index contributed by atoms with van der Waals surface area (Å²) in [5.74, 6) is 0.583. The summed E-state index contributed by atoms with van der Waals surface area (Å²) >= 11 is 5.18. The van der Waals surface area contributed by atoms with Gasteiger partial charge in [-0.15, -0.1) is 5.10 Å². The van der Waals surface area contributed by atoms with Crippen LogP contribution in [0.1, 0.15) is 30.7 Å². The highest BCUT2D eigenvalue weighted by molar-refractivity contribution is 7.80. The van der Waals surface area contributed by atoms with E-state index in [4.69, 9.17) is 18.0 Å². The zero-order chi connectivity index (χ0) is 14.7. The zero-order valence-electron chi connectivity index (χ0n) is 11.8. The minimum atomic E-state index is 0.331. The van der Waals surface area contributed by atoms with E-state index in [0.717, 1.165) is 35.3 Å². The van der Waals surface area contributed by atoms with E-state index in [1.807, 2.05) is 20.2 Å². The van der Waals surface area contributed by atoms with E-state index >= 15 is 0 Å². The molecule has 0 unspecified atom stereocenters. The Kier molecular flexibility index (Phi) is 4.29. The summed E-state index contributed by atoms with van der Waals surface area (Å²) in [6.07, 6.45) is 5.18. The van der Waals surface area contributed by atoms with Crippen molar-refractivity contribution in [2.75, 3.05) is 5.32 Å². The predicted octanol–water partition coefficient (Wildman–Crippen LogP) is 1.71. The minimum Gasteiger partial charge on any atom is -0.389 e. The monoisotopic (exact) mass is 290 g/mol. The Morgan fingerprint density at radius 3 is 2.60 bits per heavy atom. The SMILES string of the molecule is CCc1nnc(Nc2cnn(C)c2)c(C(N)=S)c1CC. The number of hydrogen-bond acceptors (Lipinski definition) is 5. The zero-order valence-corrected chi connectivity index (χ0v) is 12.7. The van der Waals surface area contributed by atoms with Crippen molar-refractivity contribution < 1.29 is 0 Å². The number of nitrogens with two attached hydrogens (primary N) is 1. The Morgan fingerprint density at radius 1 is 1.35 bits per heavy atom. The number of rotatable bonds is 5. The molecular formula is C13H18N6S. The summed E-state index contributed by atoms with van der Waals surface area (Å²) in [5.41, 5.74) is 9.47. The van der Waals surface area contributed by atoms with Crippen LogP contribution in [-0.2, 0) is 19.9 Å². The molecule has 2 aromatic heterocycles. The molecule has 7 heteroatoms. The molecule has 0 aromatic carbocycles. The molecule has 20 heavy (non-hydrogen) atoms. The summed E-state index contributed by atoms with van der Waals surface area (Å²) < 4.78 is 1.71. The first-order valence-electron chi connectivity index (χ1n) is 6.50. The number of aromatic nitrogens is 4. The standard InChI is InChI=1S/C13H18N6S/c1-4-9-10(5-2)17-18-13(11(9)12(14)20)16-8-6-15-19(3)7-8/h6-7H,4-5H2,1-3H3,(H2,14,20)(H,16,18). The van der Waals surface area contributed by atoms with Gasteiger partial charge in [0.1, 0.15) is 4.99 Å². The molecule has 0 aliphatic heterocycles. The number of nitrogens with zero attached hydrogens (tertiary/aromatic N) is 4. The average Bonchev–Trinajstić information content (AvgIpc) is 2.83. The molecule has 2 rings (SSSR count). The lowest BCUT2D eigenvalue weighted by atomic mass is 10.0. The van der Waals surface area contributed by atoms with Gasteiger partial charge in [-0.3, -0.25) is 4.68 Å². The molecule has 3 N–H and O–H groups in total. The fourth-order valence-corrected chi connectivity index (χ4v) is 2.37. The molecule has 0 fully saturated rings. The molecule has 106 valence electrons. The van der Waals surface area contributed by atoms with Crippen LogP contribution in [0.5, 0.6) is 0 Å². The van der Waals surface area contributed by atoms with Crippen molar-refractivity contribution in [1.29, 1.82) is 0 Å². The molecule has 6 nitrogen and oxygen atoms in total. The maximum absolute atomic E-state index is 5.88. The van der Waals surface area contributed by atoms with Crippen molar-refractivity contribution in [1.82, 2.24) is 20.0 Å². The van der Waals surface area contributed by atoms with Gasteiger partial charge in [-0.05, 0) is 18.4 Å². The number of nitrogens with one attached hydrogen (secondary N) is 1. The van der Waals surface area contributed by atoms with Crippen LogP contribution in [0.15, 0.2) is 12.4 Å². The first-order chi connectivity index (χ1) is 9.56. The third-order valence-electron chi connectivity index (χ3n) is 3.06. The smallest absolute Gasteiger partial charge is 0.163 e. The van der Waals surface area contributed by atoms with Crippen LogP contribution in [0.25, 0.3) is 0 Å². The Bertz CT molecular complexity index is 634. The van der Waals surface area contributed by atoms with Crippen LogP contribution in [-0.4, -0.2) is 25.0 Å². The van der Waals surface area contributed by atoms with Gasteiger partial charge in [0.25, 0.3) is 0 Å². The van der Waals surface area contributed by atoms with E-state index in [2.05, 4.69) is 27.5 Å². The van der Waals surface area contributed by atoms with Gasteiger partial charge in [-0.25, -0.2) is 0 Å². The van der Waals surface area contributed by atoms with Crippen molar-refractivity contribution in [2.24, 2.45) is 12.8 Å². The van der Waals surface area contributed by atoms with Crippen LogP contribution >= 0.6 is 12.2 Å². The second kappa shape index (κ2) is 5.96. The molecule has 0 spiro atoms. The first-order valence-corrected chi connectivity index (χ1v) is 6.91. The van der Waals surface area contributed by atoms with Crippen LogP contribution in [0.3, 0.4) is 0 Å². The van der Waals surface area contributed by atoms with Crippen molar-refractivity contribution >= 4 is 28.7 Å². The van der Waals surface area contributed by atoms with E-state index in [0.29, 0.717) is 10.8 Å². The average molecular weight is 290 g/mol. The van der Waals surface area contributed by atoms with E-state index < -0.39 is 0 Å². The largest absolute Gasteiger partial charge is 0.389 e. The summed E-state index contributed by atoms with van der Waals surface area (Å²) in [5, 5.41) is 15.8. The van der Waals surface area contributed by atoms with Gasteiger partial charge < -0.3 is 11.1 Å². The van der Waals surface area contributed by atoms with Gasteiger partial charge in [0.05, 0.1) is 23.1 Å². The van der Waals surface area contributed by atoms with Gasteiger partial charge in [-0.2, -0.15) is 10.2 Å². The van der Waals surface area contributed by atoms with Gasteiger partial charge in [-0.1, -0.05) is 26.1 Å². The summed E-state index contributed by atoms with van der Waals surface area (Å²) in [4.78, 5) is 0.331. The Balaban J connectivity index is 2.49. The molecule has 0 saturated heterocycles. The molecule has 0 aliphatic carbocycles. The fourth-order valence-electron chi connectivity index (χ4n) is 2.15. The molecule has 0 aliphatic rings. The number of anilines is 2. The van der Waals surface area contributed by atoms with Gasteiger partial charge in [0.15, 0.2) is 5.82 Å². The summed E-state index contributed by atoms with van der Waals surface area (Å²) in [6.45, 7) is 4.10. The summed E-state index contributed by atoms with van der Waals surface area (Å²) in [6, 6.07) is 0. The number of hydrogen-bond donors (Lipinski definition) is 2. The molecule has 2 heterocycles. The van der Waals surface area contributed by atoms with E-state index in [1.165, 1.54) is 0 Å². The second-order valence-corrected chi connectivity index (χ2v) is 4.89. The lowest BCUT2D eigenvalue weighted by Crippen LogP contribution is -2.18. The van der Waals surface area contributed by atoms with Crippen LogP contribution in [0.4, 0.5) is 11.5 Å². The van der Waals surface area contributed by atoms with Crippen LogP contribution in [0, 0.1) is 0 Å². The number of thiocarbonyl (C=S) groups is 1. The van der Waals surface area contributed by atoms with Crippen LogP contribution in [0.2, 0.25) is 0 Å². The molecule has 0 bridgehead atoms. The van der Waals surface area contributed by atoms with Crippen LogP contribution < -0.4 is 11.1 Å². The highest BCUT2D eigenvalue weighted by atomic mass is 32.1. The van der Waals surface area contributed by atoms with Crippen molar-refractivity contribution in [3.63, 3.8) is 0 Å². The van der Waals surface area contributed by atoms with Gasteiger partial charge >= 0.3 is 0 Å². The predicted molar refractivity (Wildman–Crippen MR) is 83.2 cm³/mol. The normalized spacial score (nSPS) is 10.6. The topological polar surface area (TPSA) is 81.7 Å². The Hall–Kier alpha value is -2.02. The van der Waals surface area contributed by atoms with Gasteiger partial charge in [0, 0.05) is 13.2 Å². The molecule has 0 saturated carbocycles. The highest BCUT2D eigenvalue weighted by Gasteiger charge is 2.17. The van der Waals surface area contributed by atoms with Crippen molar-refractivity contribution in [3.05, 3.63) is 29.2 Å².